The minimum absolute atomic E-state index is 0.326. The van der Waals surface area contributed by atoms with E-state index in [-0.39, 0.29) is 0 Å². The fourth-order valence-electron chi connectivity index (χ4n) is 4.75. The maximum Gasteiger partial charge on any atom is 0.115 e. The molecule has 142 valence electrons. The van der Waals surface area contributed by atoms with Crippen LogP contribution in [0.3, 0.4) is 0 Å². The van der Waals surface area contributed by atoms with Gasteiger partial charge in [0.1, 0.15) is 11.5 Å². The Morgan fingerprint density at radius 2 is 1.59 bits per heavy atom. The highest BCUT2D eigenvalue weighted by molar-refractivity contribution is 5.37. The standard InChI is InChI=1S/C24H29NO2/c26-21-9-3-7-19(15-21)23-12-14-25(13-11-18-5-1-2-6-18)17-24(23)20-8-4-10-22(27)16-20/h1,3-5,7-10,15-16,18,23-24,26-27H,2,6,11-14,17H2. The number of phenolic OH excluding ortho intramolecular Hbond substituents is 2. The lowest BCUT2D eigenvalue weighted by Crippen LogP contribution is -2.39. The Balaban J connectivity index is 1.53. The number of aromatic hydroxyl groups is 2. The van der Waals surface area contributed by atoms with E-state index in [1.54, 1.807) is 12.1 Å². The number of hydrogen-bond donors (Lipinski definition) is 2. The Bertz CT molecular complexity index is 800. The van der Waals surface area contributed by atoms with Gasteiger partial charge in [-0.3, -0.25) is 0 Å². The number of hydrogen-bond acceptors (Lipinski definition) is 3. The number of allylic oxidation sites excluding steroid dienone is 2. The molecule has 2 N–H and O–H groups in total. The van der Waals surface area contributed by atoms with Crippen molar-refractivity contribution in [1.29, 1.82) is 0 Å². The van der Waals surface area contributed by atoms with Crippen molar-refractivity contribution in [2.75, 3.05) is 19.6 Å². The Kier molecular flexibility index (Phi) is 5.49. The number of benzene rings is 2. The first-order valence-corrected chi connectivity index (χ1v) is 10.2. The second-order valence-corrected chi connectivity index (χ2v) is 8.05. The summed E-state index contributed by atoms with van der Waals surface area (Å²) < 4.78 is 0. The Morgan fingerprint density at radius 1 is 0.889 bits per heavy atom. The van der Waals surface area contributed by atoms with Crippen molar-refractivity contribution in [3.63, 3.8) is 0 Å². The molecule has 0 amide bonds. The summed E-state index contributed by atoms with van der Waals surface area (Å²) in [6.45, 7) is 3.23. The third-order valence-electron chi connectivity index (χ3n) is 6.22. The highest BCUT2D eigenvalue weighted by Gasteiger charge is 2.32. The Labute approximate surface area is 162 Å². The lowest BCUT2D eigenvalue weighted by molar-refractivity contribution is 0.181. The molecule has 3 heteroatoms. The molecular weight excluding hydrogens is 334 g/mol. The smallest absolute Gasteiger partial charge is 0.115 e. The molecule has 1 fully saturated rings. The van der Waals surface area contributed by atoms with E-state index in [1.165, 1.54) is 30.4 Å². The highest BCUT2D eigenvalue weighted by Crippen LogP contribution is 2.41. The maximum atomic E-state index is 10.00. The van der Waals surface area contributed by atoms with Crippen LogP contribution in [0, 0.1) is 5.92 Å². The minimum Gasteiger partial charge on any atom is -0.508 e. The molecule has 0 radical (unpaired) electrons. The Hall–Kier alpha value is -2.26. The molecule has 2 aliphatic rings. The van der Waals surface area contributed by atoms with E-state index >= 15 is 0 Å². The number of likely N-dealkylation sites (tertiary alicyclic amines) is 1. The normalized spacial score (nSPS) is 25.7. The second kappa shape index (κ2) is 8.18. The lowest BCUT2D eigenvalue weighted by atomic mass is 9.76. The molecule has 1 aliphatic heterocycles. The van der Waals surface area contributed by atoms with Crippen LogP contribution in [-0.4, -0.2) is 34.7 Å². The van der Waals surface area contributed by atoms with Crippen molar-refractivity contribution in [3.8, 4) is 11.5 Å². The van der Waals surface area contributed by atoms with E-state index < -0.39 is 0 Å². The van der Waals surface area contributed by atoms with E-state index in [0.717, 1.165) is 32.0 Å². The van der Waals surface area contributed by atoms with Gasteiger partial charge in [0.15, 0.2) is 0 Å². The number of piperidine rings is 1. The van der Waals surface area contributed by atoms with Gasteiger partial charge < -0.3 is 15.1 Å². The summed E-state index contributed by atoms with van der Waals surface area (Å²) in [5.74, 6) is 2.09. The predicted octanol–water partition coefficient (Wildman–Crippen LogP) is 5.03. The van der Waals surface area contributed by atoms with Crippen molar-refractivity contribution in [2.45, 2.75) is 37.5 Å². The van der Waals surface area contributed by atoms with Crippen LogP contribution >= 0.6 is 0 Å². The molecule has 1 heterocycles. The first kappa shape index (κ1) is 18.1. The van der Waals surface area contributed by atoms with Crippen LogP contribution in [0.1, 0.15) is 48.6 Å². The zero-order chi connectivity index (χ0) is 18.6. The molecule has 3 nitrogen and oxygen atoms in total. The van der Waals surface area contributed by atoms with Crippen LogP contribution in [0.2, 0.25) is 0 Å². The van der Waals surface area contributed by atoms with E-state index in [0.29, 0.717) is 23.3 Å². The number of nitrogens with zero attached hydrogens (tertiary/aromatic N) is 1. The SMILES string of the molecule is Oc1cccc(C2CCN(CCC3C=CCC3)CC2c2cccc(O)c2)c1. The molecular formula is C24H29NO2. The van der Waals surface area contributed by atoms with Crippen molar-refractivity contribution < 1.29 is 10.2 Å². The van der Waals surface area contributed by atoms with E-state index in [9.17, 15) is 10.2 Å². The van der Waals surface area contributed by atoms with Crippen LogP contribution in [0.4, 0.5) is 0 Å². The highest BCUT2D eigenvalue weighted by atomic mass is 16.3. The molecule has 2 aromatic rings. The van der Waals surface area contributed by atoms with E-state index in [4.69, 9.17) is 0 Å². The molecule has 0 saturated carbocycles. The van der Waals surface area contributed by atoms with Crippen molar-refractivity contribution in [2.24, 2.45) is 5.92 Å². The Morgan fingerprint density at radius 3 is 2.22 bits per heavy atom. The molecule has 1 saturated heterocycles. The van der Waals surface area contributed by atoms with Crippen LogP contribution in [0.5, 0.6) is 11.5 Å². The molecule has 0 spiro atoms. The van der Waals surface area contributed by atoms with E-state index in [1.807, 2.05) is 24.3 Å². The van der Waals surface area contributed by atoms with Crippen LogP contribution in [0.15, 0.2) is 60.7 Å². The monoisotopic (exact) mass is 363 g/mol. The van der Waals surface area contributed by atoms with Crippen LogP contribution in [0.25, 0.3) is 0 Å². The topological polar surface area (TPSA) is 43.7 Å². The maximum absolute atomic E-state index is 10.00. The van der Waals surface area contributed by atoms with Crippen molar-refractivity contribution in [3.05, 3.63) is 71.8 Å². The summed E-state index contributed by atoms with van der Waals surface area (Å²) in [6, 6.07) is 15.4. The van der Waals surface area contributed by atoms with Crippen LogP contribution in [-0.2, 0) is 0 Å². The molecule has 3 atom stereocenters. The average Bonchev–Trinajstić information content (AvgIpc) is 3.20. The molecule has 1 aliphatic carbocycles. The summed E-state index contributed by atoms with van der Waals surface area (Å²) in [4.78, 5) is 2.58. The van der Waals surface area contributed by atoms with Gasteiger partial charge in [0.05, 0.1) is 0 Å². The molecule has 0 aromatic heterocycles. The molecule has 3 unspecified atom stereocenters. The zero-order valence-corrected chi connectivity index (χ0v) is 15.8. The van der Waals surface area contributed by atoms with Crippen molar-refractivity contribution >= 4 is 0 Å². The average molecular weight is 364 g/mol. The minimum atomic E-state index is 0.326. The summed E-state index contributed by atoms with van der Waals surface area (Å²) in [6.07, 6.45) is 9.54. The predicted molar refractivity (Wildman–Crippen MR) is 109 cm³/mol. The fourth-order valence-corrected chi connectivity index (χ4v) is 4.75. The van der Waals surface area contributed by atoms with Crippen LogP contribution < -0.4 is 0 Å². The lowest BCUT2D eigenvalue weighted by Gasteiger charge is -2.39. The van der Waals surface area contributed by atoms with Gasteiger partial charge >= 0.3 is 0 Å². The summed E-state index contributed by atoms with van der Waals surface area (Å²) >= 11 is 0. The zero-order valence-electron chi connectivity index (χ0n) is 15.8. The fraction of sp³-hybridized carbons (Fsp3) is 0.417. The van der Waals surface area contributed by atoms with Gasteiger partial charge in [-0.05, 0) is 86.0 Å². The van der Waals surface area contributed by atoms with Gasteiger partial charge in [0.25, 0.3) is 0 Å². The third kappa shape index (κ3) is 4.36. The first-order chi connectivity index (χ1) is 13.2. The number of phenols is 2. The summed E-state index contributed by atoms with van der Waals surface area (Å²) in [5, 5.41) is 19.9. The van der Waals surface area contributed by atoms with Gasteiger partial charge in [-0.15, -0.1) is 0 Å². The van der Waals surface area contributed by atoms with Gasteiger partial charge in [-0.2, -0.15) is 0 Å². The largest absolute Gasteiger partial charge is 0.508 e. The van der Waals surface area contributed by atoms with Gasteiger partial charge in [-0.25, -0.2) is 0 Å². The van der Waals surface area contributed by atoms with Gasteiger partial charge in [-0.1, -0.05) is 36.4 Å². The van der Waals surface area contributed by atoms with Gasteiger partial charge in [0, 0.05) is 12.5 Å². The summed E-state index contributed by atoms with van der Waals surface area (Å²) in [5.41, 5.74) is 2.38. The molecule has 4 rings (SSSR count). The number of rotatable bonds is 5. The third-order valence-corrected chi connectivity index (χ3v) is 6.22. The quantitative estimate of drug-likeness (QED) is 0.733. The first-order valence-electron chi connectivity index (χ1n) is 10.2. The molecule has 0 bridgehead atoms. The van der Waals surface area contributed by atoms with E-state index in [2.05, 4.69) is 29.2 Å². The summed E-state index contributed by atoms with van der Waals surface area (Å²) in [7, 11) is 0. The van der Waals surface area contributed by atoms with Crippen molar-refractivity contribution in [1.82, 2.24) is 4.90 Å². The molecule has 27 heavy (non-hydrogen) atoms. The van der Waals surface area contributed by atoms with Gasteiger partial charge in [0.2, 0.25) is 0 Å². The molecule has 2 aromatic carbocycles. The second-order valence-electron chi connectivity index (χ2n) is 8.05.